The molecular weight excluding hydrogens is 188 g/mol. The lowest BCUT2D eigenvalue weighted by molar-refractivity contribution is 0.404. The topological polar surface area (TPSA) is 46.2 Å². The molecule has 1 aliphatic rings. The number of hydrogen-bond donors (Lipinski definition) is 2. The number of phenols is 1. The van der Waals surface area contributed by atoms with Crippen molar-refractivity contribution in [3.63, 3.8) is 0 Å². The number of halogens is 2. The van der Waals surface area contributed by atoms with E-state index in [1.807, 2.05) is 0 Å². The van der Waals surface area contributed by atoms with Gasteiger partial charge in [-0.1, -0.05) is 0 Å². The van der Waals surface area contributed by atoms with E-state index < -0.39 is 17.4 Å². The quantitative estimate of drug-likeness (QED) is 0.766. The van der Waals surface area contributed by atoms with Crippen molar-refractivity contribution in [1.82, 2.24) is 0 Å². The summed E-state index contributed by atoms with van der Waals surface area (Å²) in [6.07, 6.45) is 2.03. The van der Waals surface area contributed by atoms with Crippen LogP contribution in [0.15, 0.2) is 12.1 Å². The first-order valence-electron chi connectivity index (χ1n) is 4.53. The average molecular weight is 199 g/mol. The Labute approximate surface area is 80.4 Å². The number of rotatable bonds is 2. The SMILES string of the molecule is N[C@H](c1cc(O)c(F)c(F)c1)C1CC1. The molecule has 2 nitrogen and oxygen atoms in total. The van der Waals surface area contributed by atoms with Gasteiger partial charge in [0.15, 0.2) is 17.4 Å². The number of nitrogens with two attached hydrogens (primary N) is 1. The summed E-state index contributed by atoms with van der Waals surface area (Å²) in [7, 11) is 0. The first kappa shape index (κ1) is 9.40. The lowest BCUT2D eigenvalue weighted by Gasteiger charge is -2.11. The molecule has 1 aromatic carbocycles. The Kier molecular flexibility index (Phi) is 2.15. The van der Waals surface area contributed by atoms with E-state index in [0.29, 0.717) is 11.5 Å². The lowest BCUT2D eigenvalue weighted by atomic mass is 10.0. The predicted octanol–water partition coefficient (Wildman–Crippen LogP) is 2.08. The van der Waals surface area contributed by atoms with Gasteiger partial charge in [0.25, 0.3) is 0 Å². The largest absolute Gasteiger partial charge is 0.505 e. The van der Waals surface area contributed by atoms with Gasteiger partial charge >= 0.3 is 0 Å². The van der Waals surface area contributed by atoms with Crippen molar-refractivity contribution in [3.8, 4) is 5.75 Å². The highest BCUT2D eigenvalue weighted by Crippen LogP contribution is 2.40. The van der Waals surface area contributed by atoms with E-state index in [2.05, 4.69) is 0 Å². The van der Waals surface area contributed by atoms with Crippen LogP contribution in [-0.2, 0) is 0 Å². The molecule has 0 amide bonds. The van der Waals surface area contributed by atoms with Crippen LogP contribution in [-0.4, -0.2) is 5.11 Å². The van der Waals surface area contributed by atoms with Crippen LogP contribution in [0.1, 0.15) is 24.4 Å². The Bertz CT molecular complexity index is 340. The van der Waals surface area contributed by atoms with E-state index in [4.69, 9.17) is 10.8 Å². The minimum Gasteiger partial charge on any atom is -0.505 e. The van der Waals surface area contributed by atoms with Gasteiger partial charge in [0.2, 0.25) is 0 Å². The molecule has 1 aliphatic carbocycles. The van der Waals surface area contributed by atoms with E-state index >= 15 is 0 Å². The molecule has 1 saturated carbocycles. The zero-order valence-electron chi connectivity index (χ0n) is 7.50. The molecule has 0 saturated heterocycles. The summed E-state index contributed by atoms with van der Waals surface area (Å²) in [5.74, 6) is -2.58. The van der Waals surface area contributed by atoms with Gasteiger partial charge in [0, 0.05) is 6.04 Å². The Balaban J connectivity index is 2.34. The number of aromatic hydroxyl groups is 1. The fourth-order valence-corrected chi connectivity index (χ4v) is 1.51. The van der Waals surface area contributed by atoms with E-state index in [1.165, 1.54) is 6.07 Å². The molecular formula is C10H11F2NO. The van der Waals surface area contributed by atoms with Gasteiger partial charge in [-0.05, 0) is 36.5 Å². The van der Waals surface area contributed by atoms with Crippen molar-refractivity contribution in [1.29, 1.82) is 0 Å². The molecule has 0 unspecified atom stereocenters. The highest BCUT2D eigenvalue weighted by molar-refractivity contribution is 5.32. The van der Waals surface area contributed by atoms with E-state index in [9.17, 15) is 8.78 Å². The van der Waals surface area contributed by atoms with Gasteiger partial charge in [-0.2, -0.15) is 4.39 Å². The molecule has 0 radical (unpaired) electrons. The fraction of sp³-hybridized carbons (Fsp3) is 0.400. The molecule has 14 heavy (non-hydrogen) atoms. The molecule has 1 fully saturated rings. The zero-order chi connectivity index (χ0) is 10.3. The maximum absolute atomic E-state index is 12.9. The summed E-state index contributed by atoms with van der Waals surface area (Å²) >= 11 is 0. The van der Waals surface area contributed by atoms with E-state index in [-0.39, 0.29) is 6.04 Å². The van der Waals surface area contributed by atoms with Crippen LogP contribution in [0.4, 0.5) is 8.78 Å². The summed E-state index contributed by atoms with van der Waals surface area (Å²) in [5.41, 5.74) is 6.25. The van der Waals surface area contributed by atoms with Crippen molar-refractivity contribution < 1.29 is 13.9 Å². The third kappa shape index (κ3) is 1.57. The summed E-state index contributed by atoms with van der Waals surface area (Å²) in [6.45, 7) is 0. The molecule has 0 spiro atoms. The molecule has 76 valence electrons. The predicted molar refractivity (Wildman–Crippen MR) is 47.7 cm³/mol. The Morgan fingerprint density at radius 1 is 1.36 bits per heavy atom. The summed E-state index contributed by atoms with van der Waals surface area (Å²) in [6, 6.07) is 1.95. The molecule has 3 N–H and O–H groups in total. The average Bonchev–Trinajstić information content (AvgIpc) is 2.95. The first-order valence-corrected chi connectivity index (χ1v) is 4.53. The number of phenolic OH excluding ortho intramolecular Hbond substituents is 1. The number of benzene rings is 1. The Morgan fingerprint density at radius 2 is 2.00 bits per heavy atom. The minimum atomic E-state index is -1.21. The van der Waals surface area contributed by atoms with Gasteiger partial charge in [-0.3, -0.25) is 0 Å². The third-order valence-electron chi connectivity index (χ3n) is 2.55. The highest BCUT2D eigenvalue weighted by atomic mass is 19.2. The molecule has 0 bridgehead atoms. The summed E-state index contributed by atoms with van der Waals surface area (Å²) in [4.78, 5) is 0. The van der Waals surface area contributed by atoms with Crippen LogP contribution in [0.25, 0.3) is 0 Å². The standard InChI is InChI=1S/C10H11F2NO/c11-7-3-6(4-8(14)9(7)12)10(13)5-1-2-5/h3-5,10,14H,1-2,13H2/t10-/m0/s1. The highest BCUT2D eigenvalue weighted by Gasteiger charge is 2.30. The number of hydrogen-bond acceptors (Lipinski definition) is 2. The second-order valence-corrected chi connectivity index (χ2v) is 3.70. The lowest BCUT2D eigenvalue weighted by Crippen LogP contribution is -2.12. The monoisotopic (exact) mass is 199 g/mol. The van der Waals surface area contributed by atoms with Crippen LogP contribution in [0, 0.1) is 17.6 Å². The Hall–Kier alpha value is -1.16. The van der Waals surface area contributed by atoms with Crippen LogP contribution >= 0.6 is 0 Å². The van der Waals surface area contributed by atoms with Crippen molar-refractivity contribution in [2.45, 2.75) is 18.9 Å². The molecule has 0 aliphatic heterocycles. The van der Waals surface area contributed by atoms with Crippen LogP contribution in [0.3, 0.4) is 0 Å². The third-order valence-corrected chi connectivity index (χ3v) is 2.55. The molecule has 1 atom stereocenters. The molecule has 1 aromatic rings. The van der Waals surface area contributed by atoms with Crippen LogP contribution < -0.4 is 5.73 Å². The molecule has 0 aromatic heterocycles. The molecule has 4 heteroatoms. The van der Waals surface area contributed by atoms with Gasteiger partial charge in [0.05, 0.1) is 0 Å². The van der Waals surface area contributed by atoms with Crippen molar-refractivity contribution in [3.05, 3.63) is 29.3 Å². The zero-order valence-corrected chi connectivity index (χ0v) is 7.50. The second kappa shape index (κ2) is 3.20. The van der Waals surface area contributed by atoms with Crippen LogP contribution in [0.5, 0.6) is 5.75 Å². The normalized spacial score (nSPS) is 18.2. The summed E-state index contributed by atoms with van der Waals surface area (Å²) in [5, 5.41) is 9.06. The van der Waals surface area contributed by atoms with Gasteiger partial charge in [-0.15, -0.1) is 0 Å². The smallest absolute Gasteiger partial charge is 0.200 e. The molecule has 2 rings (SSSR count). The van der Waals surface area contributed by atoms with Gasteiger partial charge in [-0.25, -0.2) is 4.39 Å². The first-order chi connectivity index (χ1) is 6.59. The summed E-state index contributed by atoms with van der Waals surface area (Å²) < 4.78 is 25.6. The van der Waals surface area contributed by atoms with E-state index in [1.54, 1.807) is 0 Å². The fourth-order valence-electron chi connectivity index (χ4n) is 1.51. The molecule has 0 heterocycles. The maximum Gasteiger partial charge on any atom is 0.200 e. The maximum atomic E-state index is 12.9. The van der Waals surface area contributed by atoms with Gasteiger partial charge in [0.1, 0.15) is 0 Å². The van der Waals surface area contributed by atoms with Crippen LogP contribution in [0.2, 0.25) is 0 Å². The second-order valence-electron chi connectivity index (χ2n) is 3.70. The van der Waals surface area contributed by atoms with Gasteiger partial charge < -0.3 is 10.8 Å². The van der Waals surface area contributed by atoms with E-state index in [0.717, 1.165) is 18.9 Å². The van der Waals surface area contributed by atoms with Crippen molar-refractivity contribution in [2.75, 3.05) is 0 Å². The Morgan fingerprint density at radius 3 is 2.50 bits per heavy atom. The minimum absolute atomic E-state index is 0.295. The van der Waals surface area contributed by atoms with Crippen molar-refractivity contribution in [2.24, 2.45) is 11.7 Å². The van der Waals surface area contributed by atoms with Crippen molar-refractivity contribution >= 4 is 0 Å².